The van der Waals surface area contributed by atoms with E-state index in [4.69, 9.17) is 5.11 Å². The molecule has 0 aromatic heterocycles. The van der Waals surface area contributed by atoms with Gasteiger partial charge in [0.05, 0.1) is 11.9 Å². The lowest BCUT2D eigenvalue weighted by molar-refractivity contribution is -0.137. The van der Waals surface area contributed by atoms with Crippen molar-refractivity contribution in [3.63, 3.8) is 0 Å². The molecule has 1 atom stereocenters. The molecule has 1 aliphatic heterocycles. The number of benzene rings is 2. The van der Waals surface area contributed by atoms with Gasteiger partial charge < -0.3 is 15.5 Å². The second-order valence-electron chi connectivity index (χ2n) is 6.21. The highest BCUT2D eigenvalue weighted by molar-refractivity contribution is 8.16. The number of hydrogen-bond acceptors (Lipinski definition) is 7. The van der Waals surface area contributed by atoms with Gasteiger partial charge in [0.1, 0.15) is 17.5 Å². The molecule has 1 fully saturated rings. The minimum absolute atomic E-state index is 0.0447. The van der Waals surface area contributed by atoms with Gasteiger partial charge in [-0.1, -0.05) is 42.1 Å². The zero-order valence-corrected chi connectivity index (χ0v) is 16.5. The number of carbonyl (C=O) groups excluding carboxylic acids is 2. The Morgan fingerprint density at radius 1 is 1.13 bits per heavy atom. The van der Waals surface area contributed by atoms with E-state index >= 15 is 0 Å². The van der Waals surface area contributed by atoms with Crippen molar-refractivity contribution >= 4 is 46.6 Å². The molecular weight excluding hydrogens is 408 g/mol. The molecule has 10 heteroatoms. The fourth-order valence-corrected chi connectivity index (χ4v) is 3.69. The Labute approximate surface area is 176 Å². The molecule has 2 amide bonds. The first-order chi connectivity index (χ1) is 14.4. The third-order valence-electron chi connectivity index (χ3n) is 4.00. The van der Waals surface area contributed by atoms with Gasteiger partial charge in [0, 0.05) is 6.42 Å². The molecule has 0 saturated carbocycles. The van der Waals surface area contributed by atoms with Crippen molar-refractivity contribution in [3.8, 4) is 5.75 Å². The van der Waals surface area contributed by atoms with Crippen LogP contribution in [0.5, 0.6) is 5.75 Å². The minimum atomic E-state index is -1.17. The van der Waals surface area contributed by atoms with Crippen LogP contribution in [0.4, 0.5) is 5.69 Å². The molecule has 2 aromatic carbocycles. The maximum absolute atomic E-state index is 12.9. The number of carboxylic acids is 1. The average molecular weight is 426 g/mol. The quantitative estimate of drug-likeness (QED) is 0.457. The van der Waals surface area contributed by atoms with Gasteiger partial charge in [-0.2, -0.15) is 5.10 Å². The van der Waals surface area contributed by atoms with Gasteiger partial charge in [0.2, 0.25) is 11.8 Å². The molecule has 1 aliphatic rings. The van der Waals surface area contributed by atoms with Crippen molar-refractivity contribution in [2.45, 2.75) is 11.7 Å². The van der Waals surface area contributed by atoms with E-state index in [0.717, 1.165) is 17.3 Å². The largest absolute Gasteiger partial charge is 0.508 e. The van der Waals surface area contributed by atoms with Crippen molar-refractivity contribution in [2.75, 3.05) is 11.4 Å². The van der Waals surface area contributed by atoms with E-state index in [9.17, 15) is 19.5 Å². The highest BCUT2D eigenvalue weighted by Gasteiger charge is 2.40. The van der Waals surface area contributed by atoms with Crippen LogP contribution in [-0.4, -0.2) is 51.2 Å². The molecule has 154 valence electrons. The van der Waals surface area contributed by atoms with Crippen LogP contribution >= 0.6 is 11.8 Å². The minimum Gasteiger partial charge on any atom is -0.508 e. The highest BCUT2D eigenvalue weighted by atomic mass is 32.2. The van der Waals surface area contributed by atoms with Gasteiger partial charge in [-0.05, 0) is 29.8 Å². The summed E-state index contributed by atoms with van der Waals surface area (Å²) in [7, 11) is 0. The lowest BCUT2D eigenvalue weighted by Crippen LogP contribution is -2.36. The van der Waals surface area contributed by atoms with E-state index in [1.54, 1.807) is 18.3 Å². The predicted molar refractivity (Wildman–Crippen MR) is 114 cm³/mol. The molecule has 30 heavy (non-hydrogen) atoms. The lowest BCUT2D eigenvalue weighted by atomic mass is 10.2. The molecule has 1 unspecified atom stereocenters. The summed E-state index contributed by atoms with van der Waals surface area (Å²) in [5, 5.41) is 28.1. The number of phenolic OH excluding ortho intramolecular Hbond substituents is 1. The number of anilines is 1. The molecule has 3 rings (SSSR count). The van der Waals surface area contributed by atoms with Crippen LogP contribution < -0.4 is 10.2 Å². The molecule has 0 aliphatic carbocycles. The van der Waals surface area contributed by atoms with Crippen molar-refractivity contribution < 1.29 is 24.6 Å². The van der Waals surface area contributed by atoms with Crippen molar-refractivity contribution in [3.05, 3.63) is 60.2 Å². The summed E-state index contributed by atoms with van der Waals surface area (Å²) in [6.45, 7) is -0.519. The topological polar surface area (TPSA) is 132 Å². The molecular formula is C20H18N4O5S. The fourth-order valence-electron chi connectivity index (χ4n) is 2.60. The number of amides is 2. The van der Waals surface area contributed by atoms with Crippen LogP contribution in [0, 0.1) is 0 Å². The van der Waals surface area contributed by atoms with Gasteiger partial charge in [0.25, 0.3) is 0 Å². The summed E-state index contributed by atoms with van der Waals surface area (Å²) in [6, 6.07) is 15.3. The summed E-state index contributed by atoms with van der Waals surface area (Å²) in [5.41, 5.74) is 1.30. The Morgan fingerprint density at radius 3 is 2.50 bits per heavy atom. The highest BCUT2D eigenvalue weighted by Crippen LogP contribution is 2.34. The molecule has 0 spiro atoms. The van der Waals surface area contributed by atoms with Crippen molar-refractivity contribution in [1.29, 1.82) is 0 Å². The fraction of sp³-hybridized carbons (Fsp3) is 0.150. The standard InChI is InChI=1S/C20H18N4O5S/c25-15-8-6-14(7-9-15)24-19(29)16(10-17(26)21-12-18(27)28)30-20(24)23-22-11-13-4-2-1-3-5-13/h1-9,11,16,25H,10,12H2,(H,21,26)(H,27,28). The first-order valence-electron chi connectivity index (χ1n) is 8.88. The number of carboxylic acid groups (broad SMARTS) is 1. The second kappa shape index (κ2) is 9.70. The Bertz CT molecular complexity index is 992. The molecule has 0 radical (unpaired) electrons. The van der Waals surface area contributed by atoms with E-state index in [0.29, 0.717) is 5.69 Å². The van der Waals surface area contributed by atoms with Crippen LogP contribution in [-0.2, 0) is 14.4 Å². The van der Waals surface area contributed by atoms with Crippen LogP contribution in [0.15, 0.2) is 64.8 Å². The molecule has 3 N–H and O–H groups in total. The first-order valence-corrected chi connectivity index (χ1v) is 9.76. The number of aliphatic carboxylic acids is 1. The lowest BCUT2D eigenvalue weighted by Gasteiger charge is -2.15. The van der Waals surface area contributed by atoms with Gasteiger partial charge >= 0.3 is 5.97 Å². The van der Waals surface area contributed by atoms with Gasteiger partial charge in [0.15, 0.2) is 5.17 Å². The molecule has 9 nitrogen and oxygen atoms in total. The predicted octanol–water partition coefficient (Wildman–Crippen LogP) is 1.82. The number of nitrogens with one attached hydrogen (secondary N) is 1. The maximum atomic E-state index is 12.9. The number of phenols is 1. The van der Waals surface area contributed by atoms with Gasteiger partial charge in [-0.15, -0.1) is 5.10 Å². The second-order valence-corrected chi connectivity index (χ2v) is 7.38. The summed E-state index contributed by atoms with van der Waals surface area (Å²) in [5.74, 6) is -2.06. The Morgan fingerprint density at radius 2 is 1.83 bits per heavy atom. The summed E-state index contributed by atoms with van der Waals surface area (Å²) in [6.07, 6.45) is 1.34. The number of nitrogens with zero attached hydrogens (tertiary/aromatic N) is 3. The molecule has 2 aromatic rings. The van der Waals surface area contributed by atoms with Crippen molar-refractivity contribution in [1.82, 2.24) is 5.32 Å². The number of thioether (sulfide) groups is 1. The van der Waals surface area contributed by atoms with E-state index in [1.807, 2.05) is 30.3 Å². The van der Waals surface area contributed by atoms with E-state index in [-0.39, 0.29) is 23.2 Å². The maximum Gasteiger partial charge on any atom is 0.322 e. The number of rotatable bonds is 7. The first kappa shape index (κ1) is 21.1. The average Bonchev–Trinajstić information content (AvgIpc) is 3.03. The van der Waals surface area contributed by atoms with Crippen molar-refractivity contribution in [2.24, 2.45) is 10.2 Å². The summed E-state index contributed by atoms with van der Waals surface area (Å²) >= 11 is 1.07. The summed E-state index contributed by atoms with van der Waals surface area (Å²) in [4.78, 5) is 36.8. The van der Waals surface area contributed by atoms with Crippen LogP contribution in [0.25, 0.3) is 0 Å². The zero-order valence-electron chi connectivity index (χ0n) is 15.6. The Kier molecular flexibility index (Phi) is 6.81. The normalized spacial score (nSPS) is 17.6. The zero-order chi connectivity index (χ0) is 21.5. The van der Waals surface area contributed by atoms with Crippen LogP contribution in [0.1, 0.15) is 12.0 Å². The van der Waals surface area contributed by atoms with Crippen LogP contribution in [0.2, 0.25) is 0 Å². The van der Waals surface area contributed by atoms with E-state index in [2.05, 4.69) is 15.5 Å². The number of carbonyl (C=O) groups is 3. The Hall–Kier alpha value is -3.66. The number of aromatic hydroxyl groups is 1. The number of hydrogen-bond donors (Lipinski definition) is 3. The number of amidine groups is 1. The van der Waals surface area contributed by atoms with E-state index < -0.39 is 23.7 Å². The van der Waals surface area contributed by atoms with Crippen LogP contribution in [0.3, 0.4) is 0 Å². The Balaban J connectivity index is 1.82. The monoisotopic (exact) mass is 426 g/mol. The SMILES string of the molecule is O=C(O)CNC(=O)CC1SC(=NN=Cc2ccccc2)N(c2ccc(O)cc2)C1=O. The molecule has 1 saturated heterocycles. The van der Waals surface area contributed by atoms with Gasteiger partial charge in [-0.25, -0.2) is 0 Å². The third kappa shape index (κ3) is 5.45. The molecule has 0 bridgehead atoms. The smallest absolute Gasteiger partial charge is 0.322 e. The summed E-state index contributed by atoms with van der Waals surface area (Å²) < 4.78 is 0. The third-order valence-corrected chi connectivity index (χ3v) is 5.13. The van der Waals surface area contributed by atoms with E-state index in [1.165, 1.54) is 17.0 Å². The van der Waals surface area contributed by atoms with Gasteiger partial charge in [-0.3, -0.25) is 19.3 Å². The molecule has 1 heterocycles.